The van der Waals surface area contributed by atoms with Crippen LogP contribution in [0.5, 0.6) is 0 Å². The summed E-state index contributed by atoms with van der Waals surface area (Å²) in [6, 6.07) is 19.0. The molecule has 0 aromatic heterocycles. The molecule has 0 aliphatic heterocycles. The van der Waals surface area contributed by atoms with Gasteiger partial charge in [0.1, 0.15) is 0 Å². The second kappa shape index (κ2) is 4.72. The summed E-state index contributed by atoms with van der Waals surface area (Å²) in [6.45, 7) is 0.722. The van der Waals surface area contributed by atoms with Gasteiger partial charge in [-0.05, 0) is 29.5 Å². The van der Waals surface area contributed by atoms with Crippen LogP contribution >= 0.6 is 0 Å². The third-order valence-corrected chi connectivity index (χ3v) is 3.34. The van der Waals surface area contributed by atoms with Gasteiger partial charge in [0, 0.05) is 0 Å². The first-order valence-electron chi connectivity index (χ1n) is 6.14. The van der Waals surface area contributed by atoms with E-state index in [-0.39, 0.29) is 0 Å². The molecule has 0 atom stereocenters. The Balaban J connectivity index is 1.59. The molecular weight excluding hydrogens is 208 g/mol. The lowest BCUT2D eigenvalue weighted by molar-refractivity contribution is 0.0479. The minimum Gasteiger partial charge on any atom is -0.373 e. The van der Waals surface area contributed by atoms with Crippen LogP contribution in [0, 0.1) is 0 Å². The molecule has 0 saturated heterocycles. The minimum absolute atomic E-state index is 0.354. The lowest BCUT2D eigenvalue weighted by Crippen LogP contribution is -2.12. The second-order valence-electron chi connectivity index (χ2n) is 4.60. The topological polar surface area (TPSA) is 9.23 Å². The van der Waals surface area contributed by atoms with Crippen LogP contribution in [-0.2, 0) is 24.2 Å². The van der Waals surface area contributed by atoms with Crippen LogP contribution in [-0.4, -0.2) is 6.10 Å². The van der Waals surface area contributed by atoms with Gasteiger partial charge in [0.25, 0.3) is 0 Å². The number of rotatable bonds is 3. The maximum absolute atomic E-state index is 5.97. The maximum Gasteiger partial charge on any atom is 0.0720 e. The fraction of sp³-hybridized carbons (Fsp3) is 0.250. The van der Waals surface area contributed by atoms with E-state index >= 15 is 0 Å². The Kier molecular flexibility index (Phi) is 2.93. The lowest BCUT2D eigenvalue weighted by Gasteiger charge is -2.10. The van der Waals surface area contributed by atoms with Crippen molar-refractivity contribution in [3.8, 4) is 0 Å². The van der Waals surface area contributed by atoms with Crippen LogP contribution in [0.2, 0.25) is 0 Å². The maximum atomic E-state index is 5.97. The Morgan fingerprint density at radius 2 is 1.41 bits per heavy atom. The number of benzene rings is 2. The Hall–Kier alpha value is -1.60. The molecule has 1 aliphatic rings. The van der Waals surface area contributed by atoms with Crippen molar-refractivity contribution in [3.63, 3.8) is 0 Å². The van der Waals surface area contributed by atoms with Crippen molar-refractivity contribution in [1.29, 1.82) is 0 Å². The van der Waals surface area contributed by atoms with Crippen molar-refractivity contribution in [2.45, 2.75) is 25.6 Å². The fourth-order valence-electron chi connectivity index (χ4n) is 2.42. The molecule has 0 heterocycles. The quantitative estimate of drug-likeness (QED) is 0.776. The first-order chi connectivity index (χ1) is 8.42. The zero-order valence-corrected chi connectivity index (χ0v) is 9.80. The Labute approximate surface area is 102 Å². The van der Waals surface area contributed by atoms with Crippen LogP contribution < -0.4 is 0 Å². The zero-order chi connectivity index (χ0) is 11.5. The summed E-state index contributed by atoms with van der Waals surface area (Å²) >= 11 is 0. The first-order valence-corrected chi connectivity index (χ1v) is 6.14. The monoisotopic (exact) mass is 224 g/mol. The van der Waals surface area contributed by atoms with E-state index in [1.807, 2.05) is 6.07 Å². The molecule has 0 fully saturated rings. The van der Waals surface area contributed by atoms with Crippen molar-refractivity contribution in [3.05, 3.63) is 71.3 Å². The van der Waals surface area contributed by atoms with E-state index in [2.05, 4.69) is 48.5 Å². The minimum atomic E-state index is 0.354. The molecule has 0 spiro atoms. The molecule has 1 nitrogen and oxygen atoms in total. The van der Waals surface area contributed by atoms with Crippen LogP contribution in [0.1, 0.15) is 16.7 Å². The summed E-state index contributed by atoms with van der Waals surface area (Å²) in [5.41, 5.74) is 4.15. The molecule has 0 bridgehead atoms. The highest BCUT2D eigenvalue weighted by molar-refractivity contribution is 5.32. The SMILES string of the molecule is c1ccc(COC2Cc3ccccc3C2)cc1. The van der Waals surface area contributed by atoms with Gasteiger partial charge in [-0.15, -0.1) is 0 Å². The Morgan fingerprint density at radius 1 is 0.824 bits per heavy atom. The van der Waals surface area contributed by atoms with E-state index in [1.54, 1.807) is 0 Å². The predicted octanol–water partition coefficient (Wildman–Crippen LogP) is 3.37. The van der Waals surface area contributed by atoms with E-state index in [9.17, 15) is 0 Å². The first kappa shape index (κ1) is 10.5. The third-order valence-electron chi connectivity index (χ3n) is 3.34. The number of hydrogen-bond donors (Lipinski definition) is 0. The van der Waals surface area contributed by atoms with E-state index in [1.165, 1.54) is 16.7 Å². The smallest absolute Gasteiger partial charge is 0.0720 e. The summed E-state index contributed by atoms with van der Waals surface area (Å²) in [5.74, 6) is 0. The molecule has 1 heteroatoms. The fourth-order valence-corrected chi connectivity index (χ4v) is 2.42. The lowest BCUT2D eigenvalue weighted by atomic mass is 10.1. The van der Waals surface area contributed by atoms with E-state index in [0.29, 0.717) is 6.10 Å². The van der Waals surface area contributed by atoms with Gasteiger partial charge in [-0.3, -0.25) is 0 Å². The van der Waals surface area contributed by atoms with Gasteiger partial charge in [0.05, 0.1) is 12.7 Å². The van der Waals surface area contributed by atoms with Crippen molar-refractivity contribution in [2.75, 3.05) is 0 Å². The van der Waals surface area contributed by atoms with Crippen LogP contribution in [0.25, 0.3) is 0 Å². The van der Waals surface area contributed by atoms with E-state index < -0.39 is 0 Å². The van der Waals surface area contributed by atoms with Crippen molar-refractivity contribution < 1.29 is 4.74 Å². The summed E-state index contributed by atoms with van der Waals surface area (Å²) in [5, 5.41) is 0. The molecule has 2 aromatic carbocycles. The van der Waals surface area contributed by atoms with Crippen LogP contribution in [0.4, 0.5) is 0 Å². The highest BCUT2D eigenvalue weighted by Gasteiger charge is 2.21. The van der Waals surface area contributed by atoms with E-state index in [0.717, 1.165) is 19.4 Å². The van der Waals surface area contributed by atoms with Gasteiger partial charge < -0.3 is 4.74 Å². The normalized spacial score (nSPS) is 14.8. The van der Waals surface area contributed by atoms with Crippen molar-refractivity contribution in [2.24, 2.45) is 0 Å². The number of hydrogen-bond acceptors (Lipinski definition) is 1. The molecule has 0 saturated carbocycles. The van der Waals surface area contributed by atoms with Crippen LogP contribution in [0.3, 0.4) is 0 Å². The standard InChI is InChI=1S/C16H16O/c1-2-6-13(7-3-1)12-17-16-10-14-8-4-5-9-15(14)11-16/h1-9,16H,10-12H2. The molecule has 0 N–H and O–H groups in total. The molecule has 0 amide bonds. The van der Waals surface area contributed by atoms with Gasteiger partial charge in [-0.1, -0.05) is 54.6 Å². The van der Waals surface area contributed by atoms with Gasteiger partial charge in [0.2, 0.25) is 0 Å². The molecule has 3 rings (SSSR count). The van der Waals surface area contributed by atoms with E-state index in [4.69, 9.17) is 4.74 Å². The molecular formula is C16H16O. The van der Waals surface area contributed by atoms with Gasteiger partial charge in [0.15, 0.2) is 0 Å². The Morgan fingerprint density at radius 3 is 2.06 bits per heavy atom. The number of ether oxygens (including phenoxy) is 1. The molecule has 1 aliphatic carbocycles. The summed E-state index contributed by atoms with van der Waals surface area (Å²) in [4.78, 5) is 0. The average molecular weight is 224 g/mol. The highest BCUT2D eigenvalue weighted by atomic mass is 16.5. The van der Waals surface area contributed by atoms with Crippen molar-refractivity contribution in [1.82, 2.24) is 0 Å². The Bertz CT molecular complexity index is 465. The second-order valence-corrected chi connectivity index (χ2v) is 4.60. The number of fused-ring (bicyclic) bond motifs is 1. The average Bonchev–Trinajstić information content (AvgIpc) is 2.80. The molecule has 0 radical (unpaired) electrons. The summed E-state index contributed by atoms with van der Waals surface area (Å²) in [7, 11) is 0. The summed E-state index contributed by atoms with van der Waals surface area (Å²) < 4.78 is 5.97. The van der Waals surface area contributed by atoms with Crippen molar-refractivity contribution >= 4 is 0 Å². The molecule has 17 heavy (non-hydrogen) atoms. The molecule has 86 valence electrons. The predicted molar refractivity (Wildman–Crippen MR) is 68.9 cm³/mol. The molecule has 2 aromatic rings. The van der Waals surface area contributed by atoms with Gasteiger partial charge in [-0.2, -0.15) is 0 Å². The van der Waals surface area contributed by atoms with Gasteiger partial charge >= 0.3 is 0 Å². The van der Waals surface area contributed by atoms with Gasteiger partial charge in [-0.25, -0.2) is 0 Å². The molecule has 0 unspecified atom stereocenters. The highest BCUT2D eigenvalue weighted by Crippen LogP contribution is 2.24. The van der Waals surface area contributed by atoms with Crippen LogP contribution in [0.15, 0.2) is 54.6 Å². The zero-order valence-electron chi connectivity index (χ0n) is 9.80. The third kappa shape index (κ3) is 2.40. The summed E-state index contributed by atoms with van der Waals surface area (Å²) in [6.07, 6.45) is 2.47. The largest absolute Gasteiger partial charge is 0.373 e.